The average molecular weight is 300 g/mol. The van der Waals surface area contributed by atoms with Crippen molar-refractivity contribution in [1.29, 1.82) is 0 Å². The molecule has 0 saturated heterocycles. The van der Waals surface area contributed by atoms with Crippen molar-refractivity contribution in [2.45, 2.75) is 25.7 Å². The van der Waals surface area contributed by atoms with Crippen LogP contribution in [0.4, 0.5) is 4.39 Å². The molecule has 2 unspecified atom stereocenters. The molecule has 0 bridgehead atoms. The molecule has 114 valence electrons. The second-order valence-corrected chi connectivity index (χ2v) is 5.77. The number of hydrogen-bond acceptors (Lipinski definition) is 4. The first-order valence-corrected chi connectivity index (χ1v) is 7.19. The first-order chi connectivity index (χ1) is 10.5. The van der Waals surface area contributed by atoms with Gasteiger partial charge in [0.1, 0.15) is 17.9 Å². The molecule has 4 nitrogen and oxygen atoms in total. The number of aryl methyl sites for hydroxylation is 2. The fourth-order valence-electron chi connectivity index (χ4n) is 2.80. The number of ether oxygens (including phenoxy) is 1. The third-order valence-electron chi connectivity index (χ3n) is 4.26. The SMILES string of the molecule is Cc1ncc(OCC2(c3ccc(F)cc3)CC2C=O)c(C)n1. The number of aldehydes is 1. The lowest BCUT2D eigenvalue weighted by Gasteiger charge is -2.18. The van der Waals surface area contributed by atoms with Crippen LogP contribution in [0, 0.1) is 25.6 Å². The summed E-state index contributed by atoms with van der Waals surface area (Å²) in [7, 11) is 0. The minimum Gasteiger partial charge on any atom is -0.489 e. The standard InChI is InChI=1S/C17H17FN2O2/c1-11-16(8-19-12(2)20-11)22-10-17(7-14(17)9-21)13-3-5-15(18)6-4-13/h3-6,8-9,14H,7,10H2,1-2H3. The molecule has 2 aromatic rings. The van der Waals surface area contributed by atoms with E-state index in [-0.39, 0.29) is 17.2 Å². The number of carbonyl (C=O) groups excluding carboxylic acids is 1. The van der Waals surface area contributed by atoms with Gasteiger partial charge < -0.3 is 9.53 Å². The summed E-state index contributed by atoms with van der Waals surface area (Å²) in [5, 5.41) is 0. The molecule has 0 amide bonds. The molecule has 0 aliphatic heterocycles. The predicted molar refractivity (Wildman–Crippen MR) is 79.3 cm³/mol. The van der Waals surface area contributed by atoms with Gasteiger partial charge in [-0.1, -0.05) is 12.1 Å². The van der Waals surface area contributed by atoms with Gasteiger partial charge in [-0.2, -0.15) is 0 Å². The lowest BCUT2D eigenvalue weighted by atomic mass is 9.94. The van der Waals surface area contributed by atoms with Gasteiger partial charge in [0.05, 0.1) is 18.5 Å². The molecule has 22 heavy (non-hydrogen) atoms. The van der Waals surface area contributed by atoms with Crippen LogP contribution in [-0.2, 0) is 10.2 Å². The van der Waals surface area contributed by atoms with E-state index in [0.29, 0.717) is 24.6 Å². The van der Waals surface area contributed by atoms with Crippen LogP contribution in [0.3, 0.4) is 0 Å². The number of halogens is 1. The summed E-state index contributed by atoms with van der Waals surface area (Å²) in [5.41, 5.74) is 1.33. The molecule has 1 aromatic heterocycles. The third kappa shape index (κ3) is 2.58. The van der Waals surface area contributed by atoms with E-state index in [1.807, 2.05) is 13.8 Å². The van der Waals surface area contributed by atoms with Gasteiger partial charge in [-0.15, -0.1) is 0 Å². The second-order valence-electron chi connectivity index (χ2n) is 5.77. The minimum atomic E-state index is -0.368. The lowest BCUT2D eigenvalue weighted by Crippen LogP contribution is -2.21. The quantitative estimate of drug-likeness (QED) is 0.797. The van der Waals surface area contributed by atoms with Gasteiger partial charge in [-0.25, -0.2) is 14.4 Å². The molecule has 1 saturated carbocycles. The van der Waals surface area contributed by atoms with Crippen molar-refractivity contribution in [2.75, 3.05) is 6.61 Å². The van der Waals surface area contributed by atoms with Gasteiger partial charge in [0.15, 0.2) is 5.75 Å². The monoisotopic (exact) mass is 300 g/mol. The first-order valence-electron chi connectivity index (χ1n) is 7.19. The molecule has 1 fully saturated rings. The fraction of sp³-hybridized carbons (Fsp3) is 0.353. The molecular formula is C17H17FN2O2. The fourth-order valence-corrected chi connectivity index (χ4v) is 2.80. The molecule has 3 rings (SSSR count). The van der Waals surface area contributed by atoms with E-state index in [1.54, 1.807) is 18.3 Å². The summed E-state index contributed by atoms with van der Waals surface area (Å²) >= 11 is 0. The van der Waals surface area contributed by atoms with Crippen molar-refractivity contribution >= 4 is 6.29 Å². The maximum absolute atomic E-state index is 13.1. The molecule has 0 N–H and O–H groups in total. The van der Waals surface area contributed by atoms with Crippen LogP contribution in [0.2, 0.25) is 0 Å². The van der Waals surface area contributed by atoms with Crippen molar-refractivity contribution in [1.82, 2.24) is 9.97 Å². The van der Waals surface area contributed by atoms with Gasteiger partial charge in [0.2, 0.25) is 0 Å². The van der Waals surface area contributed by atoms with Crippen LogP contribution in [0.1, 0.15) is 23.5 Å². The number of nitrogens with zero attached hydrogens (tertiary/aromatic N) is 2. The highest BCUT2D eigenvalue weighted by Gasteiger charge is 2.56. The Morgan fingerprint density at radius 2 is 2.09 bits per heavy atom. The maximum atomic E-state index is 13.1. The summed E-state index contributed by atoms with van der Waals surface area (Å²) in [4.78, 5) is 19.6. The Morgan fingerprint density at radius 1 is 1.36 bits per heavy atom. The summed E-state index contributed by atoms with van der Waals surface area (Å²) in [5.74, 6) is 0.925. The van der Waals surface area contributed by atoms with Crippen molar-refractivity contribution < 1.29 is 13.9 Å². The summed E-state index contributed by atoms with van der Waals surface area (Å²) < 4.78 is 19.0. The molecule has 1 heterocycles. The van der Waals surface area contributed by atoms with E-state index in [4.69, 9.17) is 4.74 Å². The van der Waals surface area contributed by atoms with Crippen molar-refractivity contribution in [3.8, 4) is 5.75 Å². The zero-order valence-corrected chi connectivity index (χ0v) is 12.5. The van der Waals surface area contributed by atoms with Crippen LogP contribution in [0.15, 0.2) is 30.5 Å². The number of aromatic nitrogens is 2. The molecule has 2 atom stereocenters. The Morgan fingerprint density at radius 3 is 2.68 bits per heavy atom. The largest absolute Gasteiger partial charge is 0.489 e. The van der Waals surface area contributed by atoms with Crippen molar-refractivity contribution in [3.63, 3.8) is 0 Å². The van der Waals surface area contributed by atoms with E-state index < -0.39 is 0 Å². The Bertz CT molecular complexity index is 702. The highest BCUT2D eigenvalue weighted by molar-refractivity contribution is 5.64. The van der Waals surface area contributed by atoms with Crippen LogP contribution in [-0.4, -0.2) is 22.9 Å². The number of carbonyl (C=O) groups is 1. The lowest BCUT2D eigenvalue weighted by molar-refractivity contribution is -0.109. The minimum absolute atomic E-state index is 0.0929. The Balaban J connectivity index is 1.81. The number of hydrogen-bond donors (Lipinski definition) is 0. The van der Waals surface area contributed by atoms with E-state index in [2.05, 4.69) is 9.97 Å². The van der Waals surface area contributed by atoms with Crippen LogP contribution in [0.5, 0.6) is 5.75 Å². The van der Waals surface area contributed by atoms with Crippen LogP contribution < -0.4 is 4.74 Å². The Hall–Kier alpha value is -2.30. The van der Waals surface area contributed by atoms with Crippen molar-refractivity contribution in [3.05, 3.63) is 53.4 Å². The van der Waals surface area contributed by atoms with E-state index in [0.717, 1.165) is 17.5 Å². The van der Waals surface area contributed by atoms with E-state index >= 15 is 0 Å². The van der Waals surface area contributed by atoms with Gasteiger partial charge in [0, 0.05) is 11.3 Å². The van der Waals surface area contributed by atoms with Gasteiger partial charge in [0.25, 0.3) is 0 Å². The van der Waals surface area contributed by atoms with Crippen LogP contribution >= 0.6 is 0 Å². The van der Waals surface area contributed by atoms with Gasteiger partial charge in [-0.05, 0) is 38.0 Å². The average Bonchev–Trinajstić information content (AvgIpc) is 3.22. The van der Waals surface area contributed by atoms with E-state index in [1.165, 1.54) is 12.1 Å². The highest BCUT2D eigenvalue weighted by atomic mass is 19.1. The highest BCUT2D eigenvalue weighted by Crippen LogP contribution is 2.53. The molecule has 5 heteroatoms. The molecule has 0 spiro atoms. The topological polar surface area (TPSA) is 52.1 Å². The zero-order valence-electron chi connectivity index (χ0n) is 12.5. The Kier molecular flexibility index (Phi) is 3.64. The normalized spacial score (nSPS) is 23.1. The van der Waals surface area contributed by atoms with Gasteiger partial charge in [-0.3, -0.25) is 0 Å². The third-order valence-corrected chi connectivity index (χ3v) is 4.26. The molecule has 1 aromatic carbocycles. The number of rotatable bonds is 5. The van der Waals surface area contributed by atoms with Gasteiger partial charge >= 0.3 is 0 Å². The molecular weight excluding hydrogens is 283 g/mol. The summed E-state index contributed by atoms with van der Waals surface area (Å²) in [6.45, 7) is 4.04. The van der Waals surface area contributed by atoms with Crippen LogP contribution in [0.25, 0.3) is 0 Å². The second kappa shape index (κ2) is 5.48. The molecule has 1 aliphatic carbocycles. The van der Waals surface area contributed by atoms with E-state index in [9.17, 15) is 9.18 Å². The van der Waals surface area contributed by atoms with Crippen molar-refractivity contribution in [2.24, 2.45) is 5.92 Å². The smallest absolute Gasteiger partial charge is 0.158 e. The number of benzene rings is 1. The maximum Gasteiger partial charge on any atom is 0.158 e. The Labute approximate surface area is 128 Å². The predicted octanol–water partition coefficient (Wildman–Crippen LogP) is 2.77. The molecule has 0 radical (unpaired) electrons. The summed E-state index contributed by atoms with van der Waals surface area (Å²) in [6.07, 6.45) is 3.31. The first kappa shape index (κ1) is 14.6. The summed E-state index contributed by atoms with van der Waals surface area (Å²) in [6, 6.07) is 6.27. The molecule has 1 aliphatic rings. The zero-order chi connectivity index (χ0) is 15.7.